The van der Waals surface area contributed by atoms with Crippen molar-refractivity contribution in [3.8, 4) is 17.0 Å². The number of carbonyl (C=O) groups is 1. The number of ether oxygens (including phenoxy) is 1. The van der Waals surface area contributed by atoms with Crippen molar-refractivity contribution in [2.45, 2.75) is 13.8 Å². The molecule has 0 bridgehead atoms. The minimum Gasteiger partial charge on any atom is -0.494 e. The summed E-state index contributed by atoms with van der Waals surface area (Å²) >= 11 is 6.15. The first kappa shape index (κ1) is 21.9. The largest absolute Gasteiger partial charge is 0.494 e. The van der Waals surface area contributed by atoms with Gasteiger partial charge in [-0.25, -0.2) is 4.79 Å². The van der Waals surface area contributed by atoms with E-state index in [1.165, 1.54) is 0 Å². The van der Waals surface area contributed by atoms with Crippen LogP contribution < -0.4 is 15.0 Å². The monoisotopic (exact) mass is 451 g/mol. The number of carbonyl (C=O) groups excluding carboxylic acids is 1. The number of aromatic nitrogens is 2. The van der Waals surface area contributed by atoms with Crippen LogP contribution in [0.25, 0.3) is 11.3 Å². The van der Waals surface area contributed by atoms with Crippen LogP contribution in [0.5, 0.6) is 5.75 Å². The Morgan fingerprint density at radius 3 is 2.41 bits per heavy atom. The molecule has 0 saturated carbocycles. The van der Waals surface area contributed by atoms with E-state index in [0.29, 0.717) is 43.5 Å². The first-order valence-electron chi connectivity index (χ1n) is 10.7. The second kappa shape index (κ2) is 9.87. The molecule has 3 aromatic rings. The molecule has 32 heavy (non-hydrogen) atoms. The highest BCUT2D eigenvalue weighted by Crippen LogP contribution is 2.23. The Bertz CT molecular complexity index is 1060. The van der Waals surface area contributed by atoms with E-state index < -0.39 is 0 Å². The average Bonchev–Trinajstić information content (AvgIpc) is 2.82. The molecular formula is C24H26ClN5O2. The van der Waals surface area contributed by atoms with Gasteiger partial charge >= 0.3 is 6.03 Å². The van der Waals surface area contributed by atoms with Gasteiger partial charge in [-0.3, -0.25) is 0 Å². The van der Waals surface area contributed by atoms with Gasteiger partial charge in [0.1, 0.15) is 5.75 Å². The number of aryl methyl sites for hydroxylation is 1. The molecule has 0 atom stereocenters. The molecule has 1 aliphatic rings. The summed E-state index contributed by atoms with van der Waals surface area (Å²) in [5, 5.41) is 12.3. The summed E-state index contributed by atoms with van der Waals surface area (Å²) in [6, 6.07) is 17.2. The number of amides is 2. The lowest BCUT2D eigenvalue weighted by Crippen LogP contribution is -2.50. The van der Waals surface area contributed by atoms with Gasteiger partial charge in [-0.1, -0.05) is 17.7 Å². The van der Waals surface area contributed by atoms with E-state index in [1.54, 1.807) is 11.0 Å². The van der Waals surface area contributed by atoms with Crippen LogP contribution in [0.4, 0.5) is 16.3 Å². The summed E-state index contributed by atoms with van der Waals surface area (Å²) in [5.41, 5.74) is 3.48. The summed E-state index contributed by atoms with van der Waals surface area (Å²) in [7, 11) is 0. The van der Waals surface area contributed by atoms with E-state index in [0.717, 1.165) is 28.4 Å². The summed E-state index contributed by atoms with van der Waals surface area (Å²) in [6.45, 7) is 7.13. The lowest BCUT2D eigenvalue weighted by atomic mass is 10.1. The third-order valence-corrected chi connectivity index (χ3v) is 5.83. The highest BCUT2D eigenvalue weighted by atomic mass is 35.5. The van der Waals surface area contributed by atoms with E-state index >= 15 is 0 Å². The highest BCUT2D eigenvalue weighted by Gasteiger charge is 2.22. The number of halogens is 1. The molecule has 4 rings (SSSR count). The molecule has 2 heterocycles. The summed E-state index contributed by atoms with van der Waals surface area (Å²) in [5.74, 6) is 1.65. The fourth-order valence-corrected chi connectivity index (χ4v) is 3.73. The Labute approximate surface area is 193 Å². The zero-order valence-electron chi connectivity index (χ0n) is 18.2. The van der Waals surface area contributed by atoms with Gasteiger partial charge in [-0.2, -0.15) is 0 Å². The summed E-state index contributed by atoms with van der Waals surface area (Å²) in [6.07, 6.45) is 0. The molecule has 1 aromatic heterocycles. The molecule has 8 heteroatoms. The van der Waals surface area contributed by atoms with Crippen LogP contribution in [0.1, 0.15) is 12.5 Å². The van der Waals surface area contributed by atoms with Crippen LogP contribution >= 0.6 is 11.6 Å². The number of rotatable bonds is 5. The van der Waals surface area contributed by atoms with Crippen molar-refractivity contribution < 1.29 is 9.53 Å². The molecule has 0 unspecified atom stereocenters. The Morgan fingerprint density at radius 2 is 1.78 bits per heavy atom. The maximum Gasteiger partial charge on any atom is 0.321 e. The predicted molar refractivity (Wildman–Crippen MR) is 128 cm³/mol. The van der Waals surface area contributed by atoms with Gasteiger partial charge in [-0.15, -0.1) is 10.2 Å². The van der Waals surface area contributed by atoms with Gasteiger partial charge in [0.15, 0.2) is 5.82 Å². The van der Waals surface area contributed by atoms with Gasteiger partial charge in [0.05, 0.1) is 12.3 Å². The first-order chi connectivity index (χ1) is 15.5. The molecule has 0 aliphatic carbocycles. The number of nitrogens with zero attached hydrogens (tertiary/aromatic N) is 4. The van der Waals surface area contributed by atoms with Crippen molar-refractivity contribution in [2.24, 2.45) is 0 Å². The molecule has 2 amide bonds. The first-order valence-corrected chi connectivity index (χ1v) is 11.1. The van der Waals surface area contributed by atoms with Crippen molar-refractivity contribution in [1.82, 2.24) is 15.1 Å². The lowest BCUT2D eigenvalue weighted by molar-refractivity contribution is 0.208. The van der Waals surface area contributed by atoms with Crippen LogP contribution in [0.2, 0.25) is 5.02 Å². The second-order valence-electron chi connectivity index (χ2n) is 7.60. The second-order valence-corrected chi connectivity index (χ2v) is 8.01. The minimum atomic E-state index is -0.124. The minimum absolute atomic E-state index is 0.124. The Hall–Kier alpha value is -3.32. The molecule has 0 radical (unpaired) electrons. The van der Waals surface area contributed by atoms with Crippen molar-refractivity contribution in [1.29, 1.82) is 0 Å². The number of hydrogen-bond acceptors (Lipinski definition) is 5. The number of piperazine rings is 1. The molecule has 2 aromatic carbocycles. The van der Waals surface area contributed by atoms with Crippen LogP contribution in [0.15, 0.2) is 54.6 Å². The molecule has 7 nitrogen and oxygen atoms in total. The number of nitrogens with one attached hydrogen (secondary N) is 1. The Morgan fingerprint density at radius 1 is 1.03 bits per heavy atom. The van der Waals surface area contributed by atoms with Gasteiger partial charge in [0.2, 0.25) is 0 Å². The number of urea groups is 1. The SMILES string of the molecule is CCOc1ccc(-c2ccc(N3CCN(C(=O)Nc4ccc(C)c(Cl)c4)CC3)nn2)cc1. The molecule has 0 spiro atoms. The van der Waals surface area contributed by atoms with Gasteiger partial charge in [0.25, 0.3) is 0 Å². The van der Waals surface area contributed by atoms with Crippen molar-refractivity contribution in [3.63, 3.8) is 0 Å². The molecule has 1 saturated heterocycles. The topological polar surface area (TPSA) is 70.6 Å². The number of hydrogen-bond donors (Lipinski definition) is 1. The average molecular weight is 452 g/mol. The number of anilines is 2. The van der Waals surface area contributed by atoms with Crippen LogP contribution in [-0.2, 0) is 0 Å². The Balaban J connectivity index is 1.32. The smallest absolute Gasteiger partial charge is 0.321 e. The van der Waals surface area contributed by atoms with Crippen LogP contribution in [0, 0.1) is 6.92 Å². The molecule has 166 valence electrons. The highest BCUT2D eigenvalue weighted by molar-refractivity contribution is 6.31. The standard InChI is InChI=1S/C24H26ClN5O2/c1-3-32-20-8-5-18(6-9-20)22-10-11-23(28-27-22)29-12-14-30(15-13-29)24(31)26-19-7-4-17(2)21(25)16-19/h4-11,16H,3,12-15H2,1-2H3,(H,26,31). The zero-order chi connectivity index (χ0) is 22.5. The maximum absolute atomic E-state index is 12.6. The third kappa shape index (κ3) is 5.11. The lowest BCUT2D eigenvalue weighted by Gasteiger charge is -2.35. The van der Waals surface area contributed by atoms with E-state index in [4.69, 9.17) is 16.3 Å². The Kier molecular flexibility index (Phi) is 6.75. The maximum atomic E-state index is 12.6. The van der Waals surface area contributed by atoms with Gasteiger partial charge < -0.3 is 19.9 Å². The van der Waals surface area contributed by atoms with E-state index in [1.807, 2.05) is 62.4 Å². The molecule has 1 aliphatic heterocycles. The van der Waals surface area contributed by atoms with E-state index in [9.17, 15) is 4.79 Å². The predicted octanol–water partition coefficient (Wildman–Crippen LogP) is 4.86. The summed E-state index contributed by atoms with van der Waals surface area (Å²) < 4.78 is 5.48. The quantitative estimate of drug-likeness (QED) is 0.600. The summed E-state index contributed by atoms with van der Waals surface area (Å²) in [4.78, 5) is 16.5. The molecular weight excluding hydrogens is 426 g/mol. The van der Waals surface area contributed by atoms with Crippen LogP contribution in [-0.4, -0.2) is 53.9 Å². The van der Waals surface area contributed by atoms with Crippen molar-refractivity contribution >= 4 is 29.1 Å². The zero-order valence-corrected chi connectivity index (χ0v) is 19.0. The van der Waals surface area contributed by atoms with Gasteiger partial charge in [-0.05, 0) is 67.9 Å². The number of benzene rings is 2. The van der Waals surface area contributed by atoms with Crippen molar-refractivity contribution in [3.05, 3.63) is 65.2 Å². The van der Waals surface area contributed by atoms with Crippen molar-refractivity contribution in [2.75, 3.05) is 43.0 Å². The van der Waals surface area contributed by atoms with Gasteiger partial charge in [0, 0.05) is 42.5 Å². The van der Waals surface area contributed by atoms with Crippen LogP contribution in [0.3, 0.4) is 0 Å². The normalized spacial score (nSPS) is 13.7. The fourth-order valence-electron chi connectivity index (χ4n) is 3.55. The van der Waals surface area contributed by atoms with E-state index in [-0.39, 0.29) is 6.03 Å². The fraction of sp³-hybridized carbons (Fsp3) is 0.292. The molecule has 1 N–H and O–H groups in total. The third-order valence-electron chi connectivity index (χ3n) is 5.43. The molecule has 1 fully saturated rings. The van der Waals surface area contributed by atoms with E-state index in [2.05, 4.69) is 20.4 Å².